The molecule has 0 aliphatic heterocycles. The number of amides is 1. The van der Waals surface area contributed by atoms with Crippen molar-refractivity contribution in [2.75, 3.05) is 18.6 Å². The summed E-state index contributed by atoms with van der Waals surface area (Å²) in [7, 11) is -3.06. The van der Waals surface area contributed by atoms with E-state index in [1.807, 2.05) is 0 Å². The molecule has 100 valence electrons. The predicted molar refractivity (Wildman–Crippen MR) is 67.3 cm³/mol. The van der Waals surface area contributed by atoms with Gasteiger partial charge in [0.1, 0.15) is 9.84 Å². The standard InChI is InChI=1S/C11H22N2O3S/c1-9(7-17(2,15)16)13-10(14)11(8-12)5-3-4-6-11/h9H,3-8,12H2,1-2H3,(H,13,14). The summed E-state index contributed by atoms with van der Waals surface area (Å²) in [6.45, 7) is 2.04. The molecule has 6 heteroatoms. The van der Waals surface area contributed by atoms with E-state index in [4.69, 9.17) is 5.73 Å². The van der Waals surface area contributed by atoms with Crippen molar-refractivity contribution < 1.29 is 13.2 Å². The first-order valence-electron chi connectivity index (χ1n) is 5.98. The molecule has 0 aromatic rings. The normalized spacial score (nSPS) is 21.1. The Hall–Kier alpha value is -0.620. The van der Waals surface area contributed by atoms with Crippen molar-refractivity contribution in [3.63, 3.8) is 0 Å². The van der Waals surface area contributed by atoms with Gasteiger partial charge in [0.05, 0.1) is 11.2 Å². The summed E-state index contributed by atoms with van der Waals surface area (Å²) in [5.74, 6) is -0.118. The summed E-state index contributed by atoms with van der Waals surface area (Å²) in [5, 5.41) is 2.77. The van der Waals surface area contributed by atoms with Crippen LogP contribution in [0.3, 0.4) is 0 Å². The number of rotatable bonds is 5. The van der Waals surface area contributed by atoms with E-state index in [2.05, 4.69) is 5.32 Å². The molecule has 0 bridgehead atoms. The van der Waals surface area contributed by atoms with Crippen LogP contribution in [-0.4, -0.2) is 38.9 Å². The lowest BCUT2D eigenvalue weighted by Gasteiger charge is -2.27. The van der Waals surface area contributed by atoms with Crippen LogP contribution >= 0.6 is 0 Å². The van der Waals surface area contributed by atoms with Crippen LogP contribution in [0.5, 0.6) is 0 Å². The number of hydrogen-bond donors (Lipinski definition) is 2. The van der Waals surface area contributed by atoms with E-state index in [0.29, 0.717) is 6.54 Å². The fraction of sp³-hybridized carbons (Fsp3) is 0.909. The molecule has 1 aliphatic carbocycles. The van der Waals surface area contributed by atoms with Crippen molar-refractivity contribution in [3.8, 4) is 0 Å². The third-order valence-electron chi connectivity index (χ3n) is 3.36. The van der Waals surface area contributed by atoms with Crippen LogP contribution in [-0.2, 0) is 14.6 Å². The molecule has 1 rings (SSSR count). The topological polar surface area (TPSA) is 89.3 Å². The lowest BCUT2D eigenvalue weighted by molar-refractivity contribution is -0.130. The number of nitrogens with two attached hydrogens (primary N) is 1. The Kier molecular flexibility index (Phi) is 4.55. The summed E-state index contributed by atoms with van der Waals surface area (Å²) in [5.41, 5.74) is 5.23. The Labute approximate surface area is 103 Å². The molecule has 1 atom stereocenters. The molecule has 0 spiro atoms. The minimum atomic E-state index is -3.06. The zero-order valence-corrected chi connectivity index (χ0v) is 11.3. The van der Waals surface area contributed by atoms with Gasteiger partial charge in [0.25, 0.3) is 0 Å². The zero-order chi connectivity index (χ0) is 13.1. The molecule has 1 unspecified atom stereocenters. The van der Waals surface area contributed by atoms with Gasteiger partial charge in [0.15, 0.2) is 0 Å². The highest BCUT2D eigenvalue weighted by molar-refractivity contribution is 7.90. The van der Waals surface area contributed by atoms with Crippen molar-refractivity contribution >= 4 is 15.7 Å². The number of nitrogens with one attached hydrogen (secondary N) is 1. The molecule has 0 aromatic carbocycles. The molecule has 0 saturated heterocycles. The summed E-state index contributed by atoms with van der Waals surface area (Å²) in [6, 6.07) is -0.360. The summed E-state index contributed by atoms with van der Waals surface area (Å²) >= 11 is 0. The van der Waals surface area contributed by atoms with E-state index in [0.717, 1.165) is 25.7 Å². The molecule has 0 aromatic heterocycles. The molecule has 1 aliphatic rings. The number of hydrogen-bond acceptors (Lipinski definition) is 4. The molecule has 0 heterocycles. The van der Waals surface area contributed by atoms with Crippen molar-refractivity contribution in [2.45, 2.75) is 38.6 Å². The van der Waals surface area contributed by atoms with Crippen LogP contribution < -0.4 is 11.1 Å². The third-order valence-corrected chi connectivity index (χ3v) is 4.47. The third kappa shape index (κ3) is 3.96. The predicted octanol–water partition coefficient (Wildman–Crippen LogP) is 0.0548. The smallest absolute Gasteiger partial charge is 0.227 e. The summed E-state index contributed by atoms with van der Waals surface area (Å²) in [6.07, 6.45) is 4.82. The molecule has 17 heavy (non-hydrogen) atoms. The second-order valence-electron chi connectivity index (χ2n) is 5.16. The van der Waals surface area contributed by atoms with Gasteiger partial charge in [-0.2, -0.15) is 0 Å². The fourth-order valence-corrected chi connectivity index (χ4v) is 3.44. The first-order valence-corrected chi connectivity index (χ1v) is 8.04. The van der Waals surface area contributed by atoms with E-state index < -0.39 is 15.3 Å². The van der Waals surface area contributed by atoms with Gasteiger partial charge in [-0.3, -0.25) is 4.79 Å². The van der Waals surface area contributed by atoms with E-state index in [9.17, 15) is 13.2 Å². The Balaban J connectivity index is 2.59. The van der Waals surface area contributed by atoms with Gasteiger partial charge in [0.2, 0.25) is 5.91 Å². The quantitative estimate of drug-likeness (QED) is 0.733. The average Bonchev–Trinajstić information content (AvgIpc) is 2.63. The number of sulfone groups is 1. The van der Waals surface area contributed by atoms with Crippen LogP contribution in [0.15, 0.2) is 0 Å². The van der Waals surface area contributed by atoms with Gasteiger partial charge in [-0.25, -0.2) is 8.42 Å². The highest BCUT2D eigenvalue weighted by Gasteiger charge is 2.40. The molecule has 0 radical (unpaired) electrons. The summed E-state index contributed by atoms with van der Waals surface area (Å²) in [4.78, 5) is 12.1. The SMILES string of the molecule is CC(CS(C)(=O)=O)NC(=O)C1(CN)CCCC1. The van der Waals surface area contributed by atoms with E-state index in [1.165, 1.54) is 6.26 Å². The highest BCUT2D eigenvalue weighted by Crippen LogP contribution is 2.37. The van der Waals surface area contributed by atoms with Crippen LogP contribution in [0.25, 0.3) is 0 Å². The molecule has 1 fully saturated rings. The minimum absolute atomic E-state index is 0.0284. The van der Waals surface area contributed by atoms with Gasteiger partial charge in [0, 0.05) is 18.8 Å². The lowest BCUT2D eigenvalue weighted by atomic mass is 9.85. The van der Waals surface area contributed by atoms with Gasteiger partial charge < -0.3 is 11.1 Å². The second kappa shape index (κ2) is 5.35. The lowest BCUT2D eigenvalue weighted by Crippen LogP contribution is -2.48. The Morgan fingerprint density at radius 1 is 1.41 bits per heavy atom. The number of carbonyl (C=O) groups is 1. The minimum Gasteiger partial charge on any atom is -0.352 e. The molecule has 1 saturated carbocycles. The molecular weight excluding hydrogens is 240 g/mol. The van der Waals surface area contributed by atoms with E-state index >= 15 is 0 Å². The maximum Gasteiger partial charge on any atom is 0.227 e. The zero-order valence-electron chi connectivity index (χ0n) is 10.5. The Morgan fingerprint density at radius 2 is 1.94 bits per heavy atom. The Bertz CT molecular complexity index is 372. The van der Waals surface area contributed by atoms with Gasteiger partial charge in [-0.1, -0.05) is 12.8 Å². The van der Waals surface area contributed by atoms with Crippen LogP contribution in [0.4, 0.5) is 0 Å². The molecule has 5 nitrogen and oxygen atoms in total. The second-order valence-corrected chi connectivity index (χ2v) is 7.34. The van der Waals surface area contributed by atoms with Gasteiger partial charge >= 0.3 is 0 Å². The first kappa shape index (κ1) is 14.4. The highest BCUT2D eigenvalue weighted by atomic mass is 32.2. The van der Waals surface area contributed by atoms with E-state index in [-0.39, 0.29) is 17.7 Å². The number of carbonyl (C=O) groups excluding carboxylic acids is 1. The monoisotopic (exact) mass is 262 g/mol. The van der Waals surface area contributed by atoms with Crippen LogP contribution in [0.2, 0.25) is 0 Å². The first-order chi connectivity index (χ1) is 7.79. The van der Waals surface area contributed by atoms with Crippen molar-refractivity contribution in [1.29, 1.82) is 0 Å². The maximum atomic E-state index is 12.1. The van der Waals surface area contributed by atoms with E-state index in [1.54, 1.807) is 6.92 Å². The van der Waals surface area contributed by atoms with Gasteiger partial charge in [-0.05, 0) is 19.8 Å². The van der Waals surface area contributed by atoms with Gasteiger partial charge in [-0.15, -0.1) is 0 Å². The molecular formula is C11H22N2O3S. The average molecular weight is 262 g/mol. The largest absolute Gasteiger partial charge is 0.352 e. The molecule has 3 N–H and O–H groups in total. The summed E-state index contributed by atoms with van der Waals surface area (Å²) < 4.78 is 22.2. The van der Waals surface area contributed by atoms with Crippen LogP contribution in [0.1, 0.15) is 32.6 Å². The van der Waals surface area contributed by atoms with Crippen molar-refractivity contribution in [2.24, 2.45) is 11.1 Å². The maximum absolute atomic E-state index is 12.1. The van der Waals surface area contributed by atoms with Crippen molar-refractivity contribution in [3.05, 3.63) is 0 Å². The van der Waals surface area contributed by atoms with Crippen molar-refractivity contribution in [1.82, 2.24) is 5.32 Å². The molecule has 1 amide bonds. The fourth-order valence-electron chi connectivity index (χ4n) is 2.45. The Morgan fingerprint density at radius 3 is 2.35 bits per heavy atom. The van der Waals surface area contributed by atoms with Crippen LogP contribution in [0, 0.1) is 5.41 Å².